The Bertz CT molecular complexity index is 759. The zero-order valence-electron chi connectivity index (χ0n) is 15.3. The molecule has 138 valence electrons. The molecule has 0 aliphatic heterocycles. The highest BCUT2D eigenvalue weighted by molar-refractivity contribution is 5.94. The van der Waals surface area contributed by atoms with Crippen molar-refractivity contribution in [2.45, 2.75) is 20.8 Å². The number of hydrogen-bond acceptors (Lipinski definition) is 3. The molecule has 0 saturated carbocycles. The minimum absolute atomic E-state index is 0.0695. The average molecular weight is 355 g/mol. The Hall–Kier alpha value is -3.02. The molecule has 0 spiro atoms. The van der Waals surface area contributed by atoms with E-state index in [0.29, 0.717) is 24.5 Å². The van der Waals surface area contributed by atoms with Crippen LogP contribution >= 0.6 is 0 Å². The van der Waals surface area contributed by atoms with E-state index in [2.05, 4.69) is 16.0 Å². The topological polar surface area (TPSA) is 79.5 Å². The third-order valence-electron chi connectivity index (χ3n) is 3.56. The van der Waals surface area contributed by atoms with Crippen LogP contribution in [0.1, 0.15) is 19.4 Å². The van der Waals surface area contributed by atoms with Gasteiger partial charge >= 0.3 is 6.03 Å². The fraction of sp³-hybridized carbons (Fsp3) is 0.300. The number of aryl methyl sites for hydroxylation is 1. The summed E-state index contributed by atoms with van der Waals surface area (Å²) >= 11 is 0. The molecule has 0 atom stereocenters. The molecule has 0 aromatic heterocycles. The maximum absolute atomic E-state index is 12.0. The van der Waals surface area contributed by atoms with Gasteiger partial charge in [-0.2, -0.15) is 0 Å². The van der Waals surface area contributed by atoms with Gasteiger partial charge in [-0.1, -0.05) is 32.0 Å². The molecule has 6 heteroatoms. The Labute approximate surface area is 153 Å². The van der Waals surface area contributed by atoms with Crippen LogP contribution in [0.3, 0.4) is 0 Å². The first kappa shape index (κ1) is 19.3. The normalized spacial score (nSPS) is 10.3. The van der Waals surface area contributed by atoms with Crippen LogP contribution in [0.2, 0.25) is 0 Å². The summed E-state index contributed by atoms with van der Waals surface area (Å²) in [4.78, 5) is 23.7. The highest BCUT2D eigenvalue weighted by atomic mass is 16.5. The van der Waals surface area contributed by atoms with Gasteiger partial charge in [-0.25, -0.2) is 4.79 Å². The number of urea groups is 1. The van der Waals surface area contributed by atoms with Gasteiger partial charge in [0.1, 0.15) is 12.4 Å². The van der Waals surface area contributed by atoms with Crippen LogP contribution in [0.5, 0.6) is 5.75 Å². The van der Waals surface area contributed by atoms with E-state index >= 15 is 0 Å². The van der Waals surface area contributed by atoms with Gasteiger partial charge < -0.3 is 20.7 Å². The van der Waals surface area contributed by atoms with E-state index < -0.39 is 0 Å². The van der Waals surface area contributed by atoms with Gasteiger partial charge in [-0.3, -0.25) is 4.79 Å². The molecule has 6 nitrogen and oxygen atoms in total. The molecule has 0 fully saturated rings. The molecule has 0 bridgehead atoms. The summed E-state index contributed by atoms with van der Waals surface area (Å²) in [5, 5.41) is 8.27. The van der Waals surface area contributed by atoms with Crippen molar-refractivity contribution >= 4 is 23.3 Å². The second-order valence-electron chi connectivity index (χ2n) is 6.27. The molecule has 2 aromatic carbocycles. The molecule has 3 N–H and O–H groups in total. The van der Waals surface area contributed by atoms with E-state index in [-0.39, 0.29) is 17.9 Å². The number of rotatable bonds is 7. The lowest BCUT2D eigenvalue weighted by atomic mass is 10.2. The highest BCUT2D eigenvalue weighted by Gasteiger charge is 2.08. The first-order valence-corrected chi connectivity index (χ1v) is 8.59. The molecule has 0 aliphatic rings. The first-order chi connectivity index (χ1) is 12.4. The van der Waals surface area contributed by atoms with Crippen LogP contribution in [-0.2, 0) is 4.79 Å². The van der Waals surface area contributed by atoms with Crippen molar-refractivity contribution in [1.29, 1.82) is 0 Å². The first-order valence-electron chi connectivity index (χ1n) is 8.59. The second kappa shape index (κ2) is 9.46. The number of carbonyl (C=O) groups excluding carboxylic acids is 2. The van der Waals surface area contributed by atoms with Crippen LogP contribution in [-0.4, -0.2) is 25.1 Å². The van der Waals surface area contributed by atoms with Gasteiger partial charge in [-0.15, -0.1) is 0 Å². The third kappa shape index (κ3) is 6.47. The van der Waals surface area contributed by atoms with Crippen molar-refractivity contribution in [3.8, 4) is 5.75 Å². The van der Waals surface area contributed by atoms with Crippen molar-refractivity contribution < 1.29 is 14.3 Å². The van der Waals surface area contributed by atoms with E-state index in [9.17, 15) is 9.59 Å². The molecule has 3 amide bonds. The van der Waals surface area contributed by atoms with Gasteiger partial charge in [0.25, 0.3) is 0 Å². The zero-order valence-corrected chi connectivity index (χ0v) is 15.3. The Morgan fingerprint density at radius 1 is 1.00 bits per heavy atom. The van der Waals surface area contributed by atoms with Crippen LogP contribution in [0.25, 0.3) is 0 Å². The van der Waals surface area contributed by atoms with Crippen molar-refractivity contribution in [2.75, 3.05) is 23.8 Å². The lowest BCUT2D eigenvalue weighted by Crippen LogP contribution is -2.32. The van der Waals surface area contributed by atoms with E-state index in [1.807, 2.05) is 45.0 Å². The Morgan fingerprint density at radius 2 is 1.69 bits per heavy atom. The van der Waals surface area contributed by atoms with Crippen molar-refractivity contribution in [2.24, 2.45) is 5.92 Å². The number of benzene rings is 2. The summed E-state index contributed by atoms with van der Waals surface area (Å²) in [6.45, 7) is 6.40. The fourth-order valence-electron chi connectivity index (χ4n) is 2.18. The van der Waals surface area contributed by atoms with Crippen molar-refractivity contribution in [1.82, 2.24) is 5.32 Å². The summed E-state index contributed by atoms with van der Waals surface area (Å²) in [7, 11) is 0. The molecular formula is C20H25N3O3. The van der Waals surface area contributed by atoms with Crippen LogP contribution < -0.4 is 20.7 Å². The van der Waals surface area contributed by atoms with Gasteiger partial charge in [0.15, 0.2) is 0 Å². The highest BCUT2D eigenvalue weighted by Crippen LogP contribution is 2.16. The summed E-state index contributed by atoms with van der Waals surface area (Å²) in [5.41, 5.74) is 2.37. The lowest BCUT2D eigenvalue weighted by molar-refractivity contribution is -0.118. The molecule has 0 unspecified atom stereocenters. The minimum atomic E-state index is -0.329. The summed E-state index contributed by atoms with van der Waals surface area (Å²) in [5.74, 6) is 0.601. The lowest BCUT2D eigenvalue weighted by Gasteiger charge is -2.11. The van der Waals surface area contributed by atoms with Crippen molar-refractivity contribution in [3.05, 3.63) is 54.1 Å². The summed E-state index contributed by atoms with van der Waals surface area (Å²) < 4.78 is 5.58. The summed E-state index contributed by atoms with van der Waals surface area (Å²) in [6.07, 6.45) is 0. The molecule has 0 heterocycles. The number of ether oxygens (including phenoxy) is 1. The predicted octanol–water partition coefficient (Wildman–Crippen LogP) is 3.79. The summed E-state index contributed by atoms with van der Waals surface area (Å²) in [6, 6.07) is 14.4. The van der Waals surface area contributed by atoms with Crippen LogP contribution in [0.15, 0.2) is 48.5 Å². The standard InChI is InChI=1S/C20H25N3O3/c1-14(2)19(24)22-16-7-5-8-17(13-16)23-20(25)21-10-11-26-18-9-4-6-15(3)12-18/h4-9,12-14H,10-11H2,1-3H3,(H,22,24)(H2,21,23,25). The number of anilines is 2. The van der Waals surface area contributed by atoms with E-state index in [1.165, 1.54) is 0 Å². The molecule has 26 heavy (non-hydrogen) atoms. The predicted molar refractivity (Wildman–Crippen MR) is 104 cm³/mol. The van der Waals surface area contributed by atoms with Crippen LogP contribution in [0.4, 0.5) is 16.2 Å². The zero-order chi connectivity index (χ0) is 18.9. The monoisotopic (exact) mass is 355 g/mol. The van der Waals surface area contributed by atoms with E-state index in [4.69, 9.17) is 4.74 Å². The third-order valence-corrected chi connectivity index (χ3v) is 3.56. The maximum Gasteiger partial charge on any atom is 0.319 e. The quantitative estimate of drug-likeness (QED) is 0.661. The Morgan fingerprint density at radius 3 is 2.38 bits per heavy atom. The van der Waals surface area contributed by atoms with Gasteiger partial charge in [0.2, 0.25) is 5.91 Å². The molecule has 2 rings (SSSR count). The number of hydrogen-bond donors (Lipinski definition) is 3. The van der Waals surface area contributed by atoms with Gasteiger partial charge in [0, 0.05) is 17.3 Å². The Balaban J connectivity index is 1.76. The maximum atomic E-state index is 12.0. The molecule has 2 aromatic rings. The van der Waals surface area contributed by atoms with Gasteiger partial charge in [-0.05, 0) is 42.8 Å². The average Bonchev–Trinajstić information content (AvgIpc) is 2.59. The van der Waals surface area contributed by atoms with Crippen LogP contribution in [0, 0.1) is 12.8 Å². The largest absolute Gasteiger partial charge is 0.492 e. The van der Waals surface area contributed by atoms with E-state index in [0.717, 1.165) is 11.3 Å². The SMILES string of the molecule is Cc1cccc(OCCNC(=O)Nc2cccc(NC(=O)C(C)C)c2)c1. The number of amides is 3. The Kier molecular flexibility index (Phi) is 7.02. The van der Waals surface area contributed by atoms with Gasteiger partial charge in [0.05, 0.1) is 6.54 Å². The molecular weight excluding hydrogens is 330 g/mol. The number of nitrogens with one attached hydrogen (secondary N) is 3. The van der Waals surface area contributed by atoms with Crippen molar-refractivity contribution in [3.63, 3.8) is 0 Å². The molecule has 0 radical (unpaired) electrons. The number of carbonyl (C=O) groups is 2. The molecule has 0 saturated heterocycles. The smallest absolute Gasteiger partial charge is 0.319 e. The van der Waals surface area contributed by atoms with E-state index in [1.54, 1.807) is 24.3 Å². The molecule has 0 aliphatic carbocycles. The minimum Gasteiger partial charge on any atom is -0.492 e. The second-order valence-corrected chi connectivity index (χ2v) is 6.27. The fourth-order valence-corrected chi connectivity index (χ4v) is 2.18.